The van der Waals surface area contributed by atoms with Gasteiger partial charge in [0, 0.05) is 0 Å². The number of aryl methyl sites for hydroxylation is 4. The van der Waals surface area contributed by atoms with Crippen LogP contribution in [0.5, 0.6) is 5.75 Å². The first kappa shape index (κ1) is 17.7. The van der Waals surface area contributed by atoms with Crippen LogP contribution in [0.15, 0.2) is 48.5 Å². The molecule has 0 aliphatic carbocycles. The van der Waals surface area contributed by atoms with E-state index in [-0.39, 0.29) is 0 Å². The average molecular weight is 538 g/mol. The molecule has 4 rings (SSSR count). The van der Waals surface area contributed by atoms with E-state index in [9.17, 15) is 0 Å². The maximum atomic E-state index is 5.40. The monoisotopic (exact) mass is 538 g/mol. The summed E-state index contributed by atoms with van der Waals surface area (Å²) in [5.41, 5.74) is 8.86. The van der Waals surface area contributed by atoms with Crippen molar-refractivity contribution in [2.45, 2.75) is 34.1 Å². The number of benzene rings is 3. The molecule has 0 bridgehead atoms. The Hall–Kier alpha value is -1.66. The van der Waals surface area contributed by atoms with Crippen LogP contribution >= 0.6 is 0 Å². The molecule has 1 aliphatic rings. The van der Waals surface area contributed by atoms with Gasteiger partial charge in [0.15, 0.2) is 0 Å². The third kappa shape index (κ3) is 2.99. The molecule has 132 valence electrons. The third-order valence-corrected chi connectivity index (χ3v) is 16.8. The van der Waals surface area contributed by atoms with Crippen LogP contribution in [-0.4, -0.2) is 28.9 Å². The van der Waals surface area contributed by atoms with Crippen molar-refractivity contribution < 1.29 is 4.74 Å². The van der Waals surface area contributed by atoms with E-state index in [2.05, 4.69) is 76.2 Å². The number of methoxy groups -OCH3 is 1. The van der Waals surface area contributed by atoms with E-state index in [4.69, 9.17) is 4.74 Å². The second kappa shape index (κ2) is 6.82. The van der Waals surface area contributed by atoms with E-state index in [0.29, 0.717) is 0 Å². The standard InChI is InChI=1S/C17H18.C7H7O.Bi/c1-12-5-13(2)8-16(7-12)11-17-9-14(3)6-15(4)10-17;1-8-7-5-3-2-4-6-7;/h5-7,9H,11H2,1-4H3;3-6H,1H3;. The molecular weight excluding hydrogens is 513 g/mol. The normalized spacial score (nSPS) is 13.3. The van der Waals surface area contributed by atoms with Crippen molar-refractivity contribution in [1.29, 1.82) is 0 Å². The molecule has 0 amide bonds. The second-order valence-electron chi connectivity index (χ2n) is 7.39. The van der Waals surface area contributed by atoms with Gasteiger partial charge >= 0.3 is 165 Å². The van der Waals surface area contributed by atoms with E-state index in [1.54, 1.807) is 28.1 Å². The molecule has 0 saturated heterocycles. The number of hydrogen-bond donors (Lipinski definition) is 0. The number of rotatable bonds is 2. The Bertz CT molecular complexity index is 929. The van der Waals surface area contributed by atoms with Gasteiger partial charge in [-0.2, -0.15) is 0 Å². The number of ether oxygens (including phenoxy) is 1. The fourth-order valence-electron chi connectivity index (χ4n) is 4.31. The Balaban J connectivity index is 2.00. The van der Waals surface area contributed by atoms with Crippen LogP contribution in [0, 0.1) is 27.7 Å². The van der Waals surface area contributed by atoms with E-state index in [1.807, 2.05) is 0 Å². The van der Waals surface area contributed by atoms with Crippen molar-refractivity contribution >= 4 is 31.6 Å². The Morgan fingerprint density at radius 3 is 1.69 bits per heavy atom. The van der Waals surface area contributed by atoms with Crippen LogP contribution in [0.4, 0.5) is 0 Å². The molecule has 0 fully saturated rings. The van der Waals surface area contributed by atoms with Crippen LogP contribution in [0.3, 0.4) is 0 Å². The van der Waals surface area contributed by atoms with Gasteiger partial charge in [-0.3, -0.25) is 0 Å². The zero-order chi connectivity index (χ0) is 18.4. The first-order chi connectivity index (χ1) is 12.5. The SMILES string of the molecule is COc1cc[c]([Bi]2[c]3c(C)cc(C)cc3Cc3cc(C)cc(C)[c]32)cc1. The summed E-state index contributed by atoms with van der Waals surface area (Å²) in [6, 6.07) is 18.5. The minimum absolute atomic E-state index is 0.941. The summed E-state index contributed by atoms with van der Waals surface area (Å²) in [5.74, 6) is 0.941. The van der Waals surface area contributed by atoms with E-state index >= 15 is 0 Å². The van der Waals surface area contributed by atoms with Gasteiger partial charge in [-0.25, -0.2) is 0 Å². The summed E-state index contributed by atoms with van der Waals surface area (Å²) in [5, 5.41) is 0. The molecule has 1 nitrogen and oxygen atoms in total. The predicted octanol–water partition coefficient (Wildman–Crippen LogP) is 3.35. The summed E-state index contributed by atoms with van der Waals surface area (Å²) in [6.45, 7) is 9.07. The van der Waals surface area contributed by atoms with Crippen molar-refractivity contribution in [3.05, 3.63) is 81.9 Å². The van der Waals surface area contributed by atoms with Crippen molar-refractivity contribution in [2.75, 3.05) is 7.11 Å². The molecule has 0 radical (unpaired) electrons. The fourth-order valence-corrected chi connectivity index (χ4v) is 15.5. The zero-order valence-electron chi connectivity index (χ0n) is 16.2. The van der Waals surface area contributed by atoms with Crippen LogP contribution in [-0.2, 0) is 6.42 Å². The molecule has 0 spiro atoms. The van der Waals surface area contributed by atoms with Gasteiger partial charge in [0.05, 0.1) is 0 Å². The topological polar surface area (TPSA) is 9.23 Å². The van der Waals surface area contributed by atoms with Crippen LogP contribution in [0.25, 0.3) is 0 Å². The summed E-state index contributed by atoms with van der Waals surface area (Å²) in [7, 11) is 1.74. The van der Waals surface area contributed by atoms with Crippen molar-refractivity contribution in [3.63, 3.8) is 0 Å². The Morgan fingerprint density at radius 2 is 1.23 bits per heavy atom. The third-order valence-electron chi connectivity index (χ3n) is 5.21. The fraction of sp³-hybridized carbons (Fsp3) is 0.250. The van der Waals surface area contributed by atoms with Crippen LogP contribution in [0.2, 0.25) is 0 Å². The van der Waals surface area contributed by atoms with Crippen molar-refractivity contribution in [1.82, 2.24) is 0 Å². The molecule has 3 aromatic carbocycles. The van der Waals surface area contributed by atoms with Gasteiger partial charge in [0.25, 0.3) is 0 Å². The van der Waals surface area contributed by atoms with Gasteiger partial charge in [0.2, 0.25) is 0 Å². The van der Waals surface area contributed by atoms with Gasteiger partial charge in [-0.05, 0) is 0 Å². The Morgan fingerprint density at radius 1 is 0.731 bits per heavy atom. The molecular formula is C24H25BiO. The molecule has 0 saturated carbocycles. The van der Waals surface area contributed by atoms with E-state index in [1.165, 1.54) is 22.3 Å². The zero-order valence-corrected chi connectivity index (χ0v) is 19.7. The van der Waals surface area contributed by atoms with Gasteiger partial charge in [-0.1, -0.05) is 0 Å². The first-order valence-corrected chi connectivity index (χ1v) is 14.3. The Kier molecular flexibility index (Phi) is 4.65. The molecule has 26 heavy (non-hydrogen) atoms. The van der Waals surface area contributed by atoms with Crippen molar-refractivity contribution in [3.8, 4) is 5.75 Å². The van der Waals surface area contributed by atoms with E-state index < -0.39 is 21.8 Å². The first-order valence-electron chi connectivity index (χ1n) is 9.12. The minimum atomic E-state index is -2.32. The summed E-state index contributed by atoms with van der Waals surface area (Å²) in [4.78, 5) is 0. The van der Waals surface area contributed by atoms with E-state index in [0.717, 1.165) is 12.2 Å². The second-order valence-corrected chi connectivity index (χ2v) is 15.5. The number of fused-ring (bicyclic) bond motifs is 2. The molecule has 1 aliphatic heterocycles. The maximum absolute atomic E-state index is 5.40. The summed E-state index contributed by atoms with van der Waals surface area (Å²) >= 11 is -2.32. The van der Waals surface area contributed by atoms with Crippen LogP contribution < -0.4 is 14.6 Å². The van der Waals surface area contributed by atoms with Gasteiger partial charge in [-0.15, -0.1) is 0 Å². The quantitative estimate of drug-likeness (QED) is 0.356. The molecule has 0 N–H and O–H groups in total. The predicted molar refractivity (Wildman–Crippen MR) is 112 cm³/mol. The Labute approximate surface area is 164 Å². The summed E-state index contributed by atoms with van der Waals surface area (Å²) < 4.78 is 10.3. The molecule has 3 aromatic rings. The summed E-state index contributed by atoms with van der Waals surface area (Å²) in [6.07, 6.45) is 1.08. The van der Waals surface area contributed by atoms with Gasteiger partial charge in [0.1, 0.15) is 0 Å². The average Bonchev–Trinajstić information content (AvgIpc) is 2.59. The molecule has 0 unspecified atom stereocenters. The molecule has 2 heteroatoms. The van der Waals surface area contributed by atoms with Crippen molar-refractivity contribution in [2.24, 2.45) is 0 Å². The van der Waals surface area contributed by atoms with Crippen LogP contribution in [0.1, 0.15) is 33.4 Å². The molecule has 0 aromatic heterocycles. The van der Waals surface area contributed by atoms with Gasteiger partial charge < -0.3 is 0 Å². The molecule has 1 heterocycles. The molecule has 0 atom stereocenters. The number of hydrogen-bond acceptors (Lipinski definition) is 1.